The molecule has 0 radical (unpaired) electrons. The molecule has 0 aliphatic rings. The number of carbonyl (C=O) groups is 1. The molecule has 0 fully saturated rings. The van der Waals surface area contributed by atoms with Crippen LogP contribution in [-0.4, -0.2) is 36.0 Å². The molecule has 0 spiro atoms. The Morgan fingerprint density at radius 2 is 1.90 bits per heavy atom. The molecule has 1 heterocycles. The predicted octanol–water partition coefficient (Wildman–Crippen LogP) is 4.27. The van der Waals surface area contributed by atoms with E-state index in [0.29, 0.717) is 29.8 Å². The zero-order valence-corrected chi connectivity index (χ0v) is 18.4. The quantitative estimate of drug-likeness (QED) is 0.485. The minimum absolute atomic E-state index is 0.0224. The fourth-order valence-electron chi connectivity index (χ4n) is 3.14. The number of nitrogens with one attached hydrogen (secondary N) is 1. The lowest BCUT2D eigenvalue weighted by Crippen LogP contribution is -2.23. The van der Waals surface area contributed by atoms with E-state index in [2.05, 4.69) is 33.4 Å². The molecule has 6 nitrogen and oxygen atoms in total. The second-order valence-electron chi connectivity index (χ2n) is 7.39. The first kappa shape index (κ1) is 21.3. The van der Waals surface area contributed by atoms with E-state index in [-0.39, 0.29) is 11.7 Å². The summed E-state index contributed by atoms with van der Waals surface area (Å²) in [5, 5.41) is 2.93. The molecule has 7 heteroatoms. The Labute approximate surface area is 178 Å². The number of aromatic nitrogens is 1. The lowest BCUT2D eigenvalue weighted by atomic mass is 10.1. The van der Waals surface area contributed by atoms with Crippen LogP contribution >= 0.6 is 15.9 Å². The van der Waals surface area contributed by atoms with Crippen molar-refractivity contribution in [2.45, 2.75) is 32.2 Å². The van der Waals surface area contributed by atoms with Crippen LogP contribution in [0.15, 0.2) is 56.1 Å². The van der Waals surface area contributed by atoms with Crippen molar-refractivity contribution < 1.29 is 9.21 Å². The van der Waals surface area contributed by atoms with Crippen molar-refractivity contribution in [3.05, 3.63) is 63.1 Å². The summed E-state index contributed by atoms with van der Waals surface area (Å²) in [7, 11) is 3.91. The number of aryl methyl sites for hydroxylation is 1. The van der Waals surface area contributed by atoms with Gasteiger partial charge in [-0.15, -0.1) is 0 Å². The third kappa shape index (κ3) is 6.05. The van der Waals surface area contributed by atoms with Gasteiger partial charge in [-0.25, -0.2) is 4.79 Å². The predicted molar refractivity (Wildman–Crippen MR) is 119 cm³/mol. The maximum atomic E-state index is 12.3. The van der Waals surface area contributed by atoms with Crippen molar-refractivity contribution in [2.75, 3.05) is 26.0 Å². The fraction of sp³-hybridized carbons (Fsp3) is 0.364. The zero-order chi connectivity index (χ0) is 20.8. The second-order valence-corrected chi connectivity index (χ2v) is 8.30. The first-order valence-corrected chi connectivity index (χ1v) is 10.5. The van der Waals surface area contributed by atoms with Crippen molar-refractivity contribution in [1.82, 2.24) is 9.47 Å². The third-order valence-corrected chi connectivity index (χ3v) is 5.28. The maximum Gasteiger partial charge on any atom is 0.419 e. The highest BCUT2D eigenvalue weighted by Gasteiger charge is 2.11. The molecule has 0 saturated carbocycles. The van der Waals surface area contributed by atoms with E-state index in [4.69, 9.17) is 4.42 Å². The molecule has 0 aliphatic carbocycles. The maximum absolute atomic E-state index is 12.3. The molecule has 0 saturated heterocycles. The number of hydrogen-bond donors (Lipinski definition) is 1. The Hall–Kier alpha value is -2.38. The Kier molecular flexibility index (Phi) is 7.28. The van der Waals surface area contributed by atoms with Gasteiger partial charge in [0.05, 0.1) is 5.52 Å². The molecule has 0 aliphatic heterocycles. The molecule has 3 rings (SSSR count). The number of amides is 1. The van der Waals surface area contributed by atoms with Crippen LogP contribution < -0.4 is 11.1 Å². The summed E-state index contributed by atoms with van der Waals surface area (Å²) in [6.45, 7) is 1.26. The van der Waals surface area contributed by atoms with E-state index in [9.17, 15) is 9.59 Å². The van der Waals surface area contributed by atoms with Gasteiger partial charge in [0.15, 0.2) is 5.58 Å². The third-order valence-electron chi connectivity index (χ3n) is 4.75. The summed E-state index contributed by atoms with van der Waals surface area (Å²) >= 11 is 3.43. The van der Waals surface area contributed by atoms with Gasteiger partial charge in [0.2, 0.25) is 5.91 Å². The van der Waals surface area contributed by atoms with Gasteiger partial charge in [0, 0.05) is 29.7 Å². The minimum Gasteiger partial charge on any atom is -0.408 e. The molecular formula is C22H26BrN3O3. The lowest BCUT2D eigenvalue weighted by Gasteiger charge is -2.10. The zero-order valence-electron chi connectivity index (χ0n) is 16.8. The van der Waals surface area contributed by atoms with E-state index in [1.807, 2.05) is 31.1 Å². The normalized spacial score (nSPS) is 11.3. The van der Waals surface area contributed by atoms with Crippen molar-refractivity contribution in [3.63, 3.8) is 0 Å². The van der Waals surface area contributed by atoms with Gasteiger partial charge in [-0.05, 0) is 69.3 Å². The van der Waals surface area contributed by atoms with Crippen LogP contribution in [-0.2, 0) is 17.8 Å². The van der Waals surface area contributed by atoms with E-state index in [1.54, 1.807) is 22.8 Å². The number of anilines is 1. The summed E-state index contributed by atoms with van der Waals surface area (Å²) in [4.78, 5) is 26.4. The SMILES string of the molecule is CN(C)CCn1c(=O)oc2ccc(NC(=O)CCCCc3ccc(Br)cc3)cc21. The molecule has 0 atom stereocenters. The van der Waals surface area contributed by atoms with Gasteiger partial charge in [-0.2, -0.15) is 0 Å². The number of fused-ring (bicyclic) bond motifs is 1. The van der Waals surface area contributed by atoms with Gasteiger partial charge in [-0.3, -0.25) is 9.36 Å². The number of hydrogen-bond acceptors (Lipinski definition) is 4. The number of oxazole rings is 1. The average Bonchev–Trinajstić information content (AvgIpc) is 2.99. The largest absolute Gasteiger partial charge is 0.419 e. The molecule has 0 unspecified atom stereocenters. The van der Waals surface area contributed by atoms with Gasteiger partial charge in [-0.1, -0.05) is 28.1 Å². The number of rotatable bonds is 9. The van der Waals surface area contributed by atoms with Crippen molar-refractivity contribution in [3.8, 4) is 0 Å². The van der Waals surface area contributed by atoms with Crippen molar-refractivity contribution in [1.29, 1.82) is 0 Å². The lowest BCUT2D eigenvalue weighted by molar-refractivity contribution is -0.116. The van der Waals surface area contributed by atoms with Crippen LogP contribution in [0.4, 0.5) is 5.69 Å². The molecule has 2 aromatic carbocycles. The molecule has 154 valence electrons. The summed E-state index contributed by atoms with van der Waals surface area (Å²) in [5.74, 6) is -0.399. The Balaban J connectivity index is 1.54. The molecular weight excluding hydrogens is 434 g/mol. The monoisotopic (exact) mass is 459 g/mol. The molecule has 0 bridgehead atoms. The molecule has 1 amide bonds. The summed E-state index contributed by atoms with van der Waals surface area (Å²) < 4.78 is 7.97. The summed E-state index contributed by atoms with van der Waals surface area (Å²) in [6.07, 6.45) is 3.20. The molecule has 1 aromatic heterocycles. The average molecular weight is 460 g/mol. The van der Waals surface area contributed by atoms with E-state index < -0.39 is 0 Å². The topological polar surface area (TPSA) is 67.5 Å². The minimum atomic E-state index is -0.377. The number of likely N-dealkylation sites (N-methyl/N-ethyl adjacent to an activating group) is 1. The number of halogens is 1. The second kappa shape index (κ2) is 9.89. The summed E-state index contributed by atoms with van der Waals surface area (Å²) in [5.41, 5.74) is 3.18. The first-order chi connectivity index (χ1) is 13.9. The molecule has 3 aromatic rings. The number of nitrogens with zero attached hydrogens (tertiary/aromatic N) is 2. The number of unbranched alkanes of at least 4 members (excludes halogenated alkanes) is 1. The Morgan fingerprint density at radius 3 is 2.62 bits per heavy atom. The Bertz CT molecular complexity index is 1020. The molecule has 1 N–H and O–H groups in total. The summed E-state index contributed by atoms with van der Waals surface area (Å²) in [6, 6.07) is 13.6. The van der Waals surface area contributed by atoms with E-state index >= 15 is 0 Å². The van der Waals surface area contributed by atoms with Crippen LogP contribution in [0.5, 0.6) is 0 Å². The smallest absolute Gasteiger partial charge is 0.408 e. The van der Waals surface area contributed by atoms with Crippen LogP contribution in [0, 0.1) is 0 Å². The standard InChI is InChI=1S/C22H26BrN3O3/c1-25(2)13-14-26-19-15-18(11-12-20(19)29-22(26)28)24-21(27)6-4-3-5-16-7-9-17(23)10-8-16/h7-12,15H,3-6,13-14H2,1-2H3,(H,24,27). The molecule has 29 heavy (non-hydrogen) atoms. The first-order valence-electron chi connectivity index (χ1n) is 9.75. The highest BCUT2D eigenvalue weighted by atomic mass is 79.9. The Morgan fingerprint density at radius 1 is 1.14 bits per heavy atom. The fourth-order valence-corrected chi connectivity index (χ4v) is 3.41. The number of benzene rings is 2. The van der Waals surface area contributed by atoms with Gasteiger partial charge >= 0.3 is 5.76 Å². The van der Waals surface area contributed by atoms with Crippen molar-refractivity contribution >= 4 is 38.6 Å². The van der Waals surface area contributed by atoms with Crippen LogP contribution in [0.25, 0.3) is 11.1 Å². The van der Waals surface area contributed by atoms with Gasteiger partial charge < -0.3 is 14.6 Å². The van der Waals surface area contributed by atoms with E-state index in [0.717, 1.165) is 30.3 Å². The number of carbonyl (C=O) groups excluding carboxylic acids is 1. The van der Waals surface area contributed by atoms with Crippen LogP contribution in [0.1, 0.15) is 24.8 Å². The van der Waals surface area contributed by atoms with Gasteiger partial charge in [0.1, 0.15) is 0 Å². The highest BCUT2D eigenvalue weighted by molar-refractivity contribution is 9.10. The van der Waals surface area contributed by atoms with Crippen LogP contribution in [0.3, 0.4) is 0 Å². The van der Waals surface area contributed by atoms with E-state index in [1.165, 1.54) is 5.56 Å². The van der Waals surface area contributed by atoms with Crippen molar-refractivity contribution in [2.24, 2.45) is 0 Å². The highest BCUT2D eigenvalue weighted by Crippen LogP contribution is 2.19. The van der Waals surface area contributed by atoms with Gasteiger partial charge in [0.25, 0.3) is 0 Å². The van der Waals surface area contributed by atoms with Crippen LogP contribution in [0.2, 0.25) is 0 Å².